The molecule has 3 N–H and O–H groups in total. The van der Waals surface area contributed by atoms with Crippen molar-refractivity contribution in [1.82, 2.24) is 15.2 Å². The number of carbonyl (C=O) groups is 1. The third kappa shape index (κ3) is 3.65. The maximum atomic E-state index is 12.1. The van der Waals surface area contributed by atoms with Gasteiger partial charge in [-0.05, 0) is 12.1 Å². The number of morpholine rings is 1. The molecule has 1 fully saturated rings. The fourth-order valence-electron chi connectivity index (χ4n) is 2.65. The number of aliphatic hydroxyl groups is 1. The number of ether oxygens (including phenoxy) is 1. The van der Waals surface area contributed by atoms with Crippen LogP contribution in [-0.4, -0.2) is 66.4 Å². The van der Waals surface area contributed by atoms with E-state index in [4.69, 9.17) is 4.74 Å². The highest BCUT2D eigenvalue weighted by molar-refractivity contribution is 5.97. The minimum atomic E-state index is -0.577. The molecule has 0 saturated carbocycles. The number of amides is 1. The molecule has 0 bridgehead atoms. The number of aromatic amines is 1. The number of hydrogen-bond acceptors (Lipinski definition) is 4. The molecule has 1 unspecified atom stereocenters. The highest BCUT2D eigenvalue weighted by atomic mass is 16.5. The molecule has 3 rings (SSSR count). The van der Waals surface area contributed by atoms with Crippen LogP contribution in [0.15, 0.2) is 30.3 Å². The first-order valence-corrected chi connectivity index (χ1v) is 7.56. The predicted molar refractivity (Wildman–Crippen MR) is 83.9 cm³/mol. The van der Waals surface area contributed by atoms with E-state index in [-0.39, 0.29) is 12.5 Å². The number of aliphatic hydroxyl groups excluding tert-OH is 1. The Morgan fingerprint density at radius 1 is 1.36 bits per heavy atom. The summed E-state index contributed by atoms with van der Waals surface area (Å²) in [7, 11) is 0. The van der Waals surface area contributed by atoms with Gasteiger partial charge in [0.05, 0.1) is 19.3 Å². The molecule has 22 heavy (non-hydrogen) atoms. The number of carbonyl (C=O) groups excluding carboxylic acids is 1. The van der Waals surface area contributed by atoms with Crippen LogP contribution in [0.1, 0.15) is 10.5 Å². The second-order valence-corrected chi connectivity index (χ2v) is 5.55. The van der Waals surface area contributed by atoms with Crippen LogP contribution in [0.25, 0.3) is 10.9 Å². The molecule has 1 amide bonds. The molecule has 1 atom stereocenters. The van der Waals surface area contributed by atoms with Crippen LogP contribution in [0.2, 0.25) is 0 Å². The van der Waals surface area contributed by atoms with Crippen molar-refractivity contribution in [1.29, 1.82) is 0 Å². The largest absolute Gasteiger partial charge is 0.390 e. The molecule has 0 aliphatic carbocycles. The van der Waals surface area contributed by atoms with Gasteiger partial charge in [-0.15, -0.1) is 0 Å². The lowest BCUT2D eigenvalue weighted by Crippen LogP contribution is -2.44. The van der Waals surface area contributed by atoms with Gasteiger partial charge in [-0.3, -0.25) is 9.69 Å². The van der Waals surface area contributed by atoms with Gasteiger partial charge in [-0.2, -0.15) is 0 Å². The molecule has 0 spiro atoms. The monoisotopic (exact) mass is 303 g/mol. The maximum absolute atomic E-state index is 12.1. The normalized spacial score (nSPS) is 17.5. The van der Waals surface area contributed by atoms with Crippen LogP contribution in [-0.2, 0) is 4.74 Å². The average molecular weight is 303 g/mol. The third-order valence-corrected chi connectivity index (χ3v) is 3.85. The third-order valence-electron chi connectivity index (χ3n) is 3.85. The van der Waals surface area contributed by atoms with Gasteiger partial charge in [0, 0.05) is 37.1 Å². The highest BCUT2D eigenvalue weighted by Gasteiger charge is 2.16. The lowest BCUT2D eigenvalue weighted by Gasteiger charge is -2.28. The Labute approximate surface area is 129 Å². The first-order chi connectivity index (χ1) is 10.7. The lowest BCUT2D eigenvalue weighted by atomic mass is 10.2. The van der Waals surface area contributed by atoms with Gasteiger partial charge >= 0.3 is 0 Å². The van der Waals surface area contributed by atoms with E-state index < -0.39 is 6.10 Å². The molecule has 6 heteroatoms. The predicted octanol–water partition coefficient (Wildman–Crippen LogP) is 0.591. The molecule has 2 aromatic rings. The van der Waals surface area contributed by atoms with Gasteiger partial charge in [0.1, 0.15) is 5.69 Å². The zero-order chi connectivity index (χ0) is 15.4. The summed E-state index contributed by atoms with van der Waals surface area (Å²) in [6.07, 6.45) is -0.577. The van der Waals surface area contributed by atoms with Gasteiger partial charge < -0.3 is 20.1 Å². The standard InChI is InChI=1S/C16H21N3O3/c20-13(11-19-5-7-22-8-6-19)10-17-16(21)15-9-12-3-1-2-4-14(12)18-15/h1-4,9,13,18,20H,5-8,10-11H2,(H,17,21). The lowest BCUT2D eigenvalue weighted by molar-refractivity contribution is 0.0149. The van der Waals surface area contributed by atoms with Crippen LogP contribution in [0, 0.1) is 0 Å². The van der Waals surface area contributed by atoms with Crippen molar-refractivity contribution in [3.63, 3.8) is 0 Å². The molecule has 1 aliphatic rings. The van der Waals surface area contributed by atoms with Crippen molar-refractivity contribution in [2.75, 3.05) is 39.4 Å². The molecule has 1 aromatic heterocycles. The SMILES string of the molecule is O=C(NCC(O)CN1CCOCC1)c1cc2ccccc2[nH]1. The zero-order valence-corrected chi connectivity index (χ0v) is 12.4. The van der Waals surface area contributed by atoms with Gasteiger partial charge in [-0.25, -0.2) is 0 Å². The second kappa shape index (κ2) is 6.91. The number of rotatable bonds is 5. The summed E-state index contributed by atoms with van der Waals surface area (Å²) in [5.41, 5.74) is 1.45. The van der Waals surface area contributed by atoms with Crippen LogP contribution in [0.5, 0.6) is 0 Å². The second-order valence-electron chi connectivity index (χ2n) is 5.55. The summed E-state index contributed by atoms with van der Waals surface area (Å²) in [5, 5.41) is 13.8. The number of hydrogen-bond donors (Lipinski definition) is 3. The van der Waals surface area contributed by atoms with E-state index in [1.165, 1.54) is 0 Å². The number of nitrogens with one attached hydrogen (secondary N) is 2. The molecule has 2 heterocycles. The zero-order valence-electron chi connectivity index (χ0n) is 12.4. The minimum absolute atomic E-state index is 0.197. The van der Waals surface area contributed by atoms with E-state index in [0.29, 0.717) is 25.5 Å². The Balaban J connectivity index is 1.50. The Kier molecular flexibility index (Phi) is 4.72. The fourth-order valence-corrected chi connectivity index (χ4v) is 2.65. The first-order valence-electron chi connectivity index (χ1n) is 7.56. The smallest absolute Gasteiger partial charge is 0.267 e. The molecule has 1 saturated heterocycles. The molecule has 6 nitrogen and oxygen atoms in total. The summed E-state index contributed by atoms with van der Waals surface area (Å²) in [6.45, 7) is 3.85. The Morgan fingerprint density at radius 3 is 2.91 bits per heavy atom. The summed E-state index contributed by atoms with van der Waals surface area (Å²) in [6, 6.07) is 9.56. The van der Waals surface area contributed by atoms with Gasteiger partial charge in [0.2, 0.25) is 0 Å². The van der Waals surface area contributed by atoms with Gasteiger partial charge in [0.15, 0.2) is 0 Å². The average Bonchev–Trinajstić information content (AvgIpc) is 2.98. The van der Waals surface area contributed by atoms with E-state index in [1.807, 2.05) is 30.3 Å². The van der Waals surface area contributed by atoms with E-state index in [0.717, 1.165) is 24.0 Å². The molecule has 0 radical (unpaired) electrons. The molecular formula is C16H21N3O3. The number of nitrogens with zero attached hydrogens (tertiary/aromatic N) is 1. The number of β-amino-alcohol motifs (C(OH)–C–C–N with tert-alkyl or cyclic N) is 1. The summed E-state index contributed by atoms with van der Waals surface area (Å²) >= 11 is 0. The Morgan fingerprint density at radius 2 is 2.14 bits per heavy atom. The van der Waals surface area contributed by atoms with Crippen LogP contribution < -0.4 is 5.32 Å². The van der Waals surface area contributed by atoms with Crippen molar-refractivity contribution in [2.45, 2.75) is 6.10 Å². The molecule has 1 aliphatic heterocycles. The van der Waals surface area contributed by atoms with Gasteiger partial charge in [0.25, 0.3) is 5.91 Å². The van der Waals surface area contributed by atoms with E-state index >= 15 is 0 Å². The maximum Gasteiger partial charge on any atom is 0.267 e. The number of H-pyrrole nitrogens is 1. The quantitative estimate of drug-likeness (QED) is 0.755. The van der Waals surface area contributed by atoms with Crippen LogP contribution in [0.3, 0.4) is 0 Å². The Bertz CT molecular complexity index is 601. The summed E-state index contributed by atoms with van der Waals surface area (Å²) < 4.78 is 5.27. The Hall–Kier alpha value is -1.89. The number of para-hydroxylation sites is 1. The highest BCUT2D eigenvalue weighted by Crippen LogP contribution is 2.14. The number of fused-ring (bicyclic) bond motifs is 1. The first kappa shape index (κ1) is 15.0. The fraction of sp³-hybridized carbons (Fsp3) is 0.438. The topological polar surface area (TPSA) is 77.6 Å². The van der Waals surface area contributed by atoms with Crippen molar-refractivity contribution in [3.05, 3.63) is 36.0 Å². The van der Waals surface area contributed by atoms with E-state index in [1.54, 1.807) is 0 Å². The van der Waals surface area contributed by atoms with Crippen molar-refractivity contribution in [3.8, 4) is 0 Å². The summed E-state index contributed by atoms with van der Waals surface area (Å²) in [4.78, 5) is 17.3. The molecular weight excluding hydrogens is 282 g/mol. The van der Waals surface area contributed by atoms with Crippen LogP contribution in [0.4, 0.5) is 0 Å². The van der Waals surface area contributed by atoms with E-state index in [9.17, 15) is 9.90 Å². The van der Waals surface area contributed by atoms with Crippen LogP contribution >= 0.6 is 0 Å². The van der Waals surface area contributed by atoms with E-state index in [2.05, 4.69) is 15.2 Å². The molecule has 1 aromatic carbocycles. The van der Waals surface area contributed by atoms with Crippen molar-refractivity contribution < 1.29 is 14.6 Å². The van der Waals surface area contributed by atoms with Crippen molar-refractivity contribution >= 4 is 16.8 Å². The molecule has 118 valence electrons. The minimum Gasteiger partial charge on any atom is -0.390 e. The number of aromatic nitrogens is 1. The van der Waals surface area contributed by atoms with Gasteiger partial charge in [-0.1, -0.05) is 18.2 Å². The van der Waals surface area contributed by atoms with Crippen molar-refractivity contribution in [2.24, 2.45) is 0 Å². The summed E-state index contributed by atoms with van der Waals surface area (Å²) in [5.74, 6) is -0.197. The number of benzene rings is 1.